The Bertz CT molecular complexity index is 553. The molecule has 0 N–H and O–H groups in total. The maximum absolute atomic E-state index is 12.6. The Balaban J connectivity index is 1.71. The number of hydrogen-bond acceptors (Lipinski definition) is 3. The maximum atomic E-state index is 12.6. The van der Waals surface area contributed by atoms with Crippen LogP contribution in [0.4, 0.5) is 4.79 Å². The standard InChI is InChI=1S/C20H30N2O2/c1-20(2,3)24-19(23)22-14-12-17-18(22)11-7-8-13-21(17)15-16-9-5-4-6-10-16/h4-6,9-10,17-18H,7-8,11-15H2,1-3H3/t17-,18-/m0/s1. The highest BCUT2D eigenvalue weighted by molar-refractivity contribution is 5.69. The van der Waals surface area contributed by atoms with E-state index in [0.717, 1.165) is 32.5 Å². The second kappa shape index (κ2) is 7.14. The topological polar surface area (TPSA) is 32.8 Å². The van der Waals surface area contributed by atoms with Crippen LogP contribution >= 0.6 is 0 Å². The fourth-order valence-electron chi connectivity index (χ4n) is 4.01. The van der Waals surface area contributed by atoms with Gasteiger partial charge in [-0.15, -0.1) is 0 Å². The summed E-state index contributed by atoms with van der Waals surface area (Å²) in [5.41, 5.74) is 0.928. The highest BCUT2D eigenvalue weighted by Crippen LogP contribution is 2.32. The Kier molecular flexibility index (Phi) is 5.14. The van der Waals surface area contributed by atoms with Crippen LogP contribution in [0.3, 0.4) is 0 Å². The molecule has 4 nitrogen and oxygen atoms in total. The number of carbonyl (C=O) groups is 1. The molecule has 2 saturated heterocycles. The van der Waals surface area contributed by atoms with Gasteiger partial charge in [0.05, 0.1) is 6.04 Å². The molecule has 0 aromatic heterocycles. The number of fused-ring (bicyclic) bond motifs is 1. The van der Waals surface area contributed by atoms with Gasteiger partial charge in [-0.1, -0.05) is 36.8 Å². The minimum absolute atomic E-state index is 0.142. The molecule has 2 aliphatic heterocycles. The van der Waals surface area contributed by atoms with Crippen molar-refractivity contribution in [1.29, 1.82) is 0 Å². The van der Waals surface area contributed by atoms with Crippen molar-refractivity contribution in [1.82, 2.24) is 9.80 Å². The summed E-state index contributed by atoms with van der Waals surface area (Å²) in [6, 6.07) is 11.4. The van der Waals surface area contributed by atoms with Gasteiger partial charge in [0.1, 0.15) is 5.60 Å². The van der Waals surface area contributed by atoms with E-state index in [1.807, 2.05) is 25.7 Å². The molecule has 1 aromatic carbocycles. The van der Waals surface area contributed by atoms with Crippen molar-refractivity contribution in [3.05, 3.63) is 35.9 Å². The molecule has 132 valence electrons. The lowest BCUT2D eigenvalue weighted by atomic mass is 10.0. The molecule has 1 amide bonds. The normalized spacial score (nSPS) is 25.2. The molecule has 0 bridgehead atoms. The van der Waals surface area contributed by atoms with Gasteiger partial charge >= 0.3 is 6.09 Å². The Hall–Kier alpha value is -1.55. The average Bonchev–Trinajstić information content (AvgIpc) is 2.84. The summed E-state index contributed by atoms with van der Waals surface area (Å²) in [7, 11) is 0. The van der Waals surface area contributed by atoms with Crippen LogP contribution in [-0.2, 0) is 11.3 Å². The van der Waals surface area contributed by atoms with Crippen molar-refractivity contribution >= 4 is 6.09 Å². The Morgan fingerprint density at radius 3 is 2.54 bits per heavy atom. The van der Waals surface area contributed by atoms with Crippen LogP contribution < -0.4 is 0 Å². The van der Waals surface area contributed by atoms with E-state index in [0.29, 0.717) is 12.1 Å². The Morgan fingerprint density at radius 2 is 1.83 bits per heavy atom. The SMILES string of the molecule is CC(C)(C)OC(=O)N1CC[C@H]2[C@@H]1CCCCN2Cc1ccccc1. The third kappa shape index (κ3) is 4.10. The van der Waals surface area contributed by atoms with Gasteiger partial charge < -0.3 is 9.64 Å². The zero-order chi connectivity index (χ0) is 17.2. The molecule has 0 radical (unpaired) electrons. The molecule has 2 aliphatic rings. The van der Waals surface area contributed by atoms with E-state index >= 15 is 0 Å². The van der Waals surface area contributed by atoms with Gasteiger partial charge in [0.25, 0.3) is 0 Å². The molecule has 1 aromatic rings. The van der Waals surface area contributed by atoms with Crippen molar-refractivity contribution in [2.45, 2.75) is 70.7 Å². The van der Waals surface area contributed by atoms with Crippen LogP contribution in [0.1, 0.15) is 52.0 Å². The first-order chi connectivity index (χ1) is 11.4. The number of rotatable bonds is 2. The van der Waals surface area contributed by atoms with Gasteiger partial charge in [0.15, 0.2) is 0 Å². The maximum Gasteiger partial charge on any atom is 0.410 e. The summed E-state index contributed by atoms with van der Waals surface area (Å²) in [5.74, 6) is 0. The van der Waals surface area contributed by atoms with Crippen molar-refractivity contribution in [3.63, 3.8) is 0 Å². The molecule has 2 fully saturated rings. The third-order valence-electron chi connectivity index (χ3n) is 5.03. The number of amides is 1. The Morgan fingerprint density at radius 1 is 1.08 bits per heavy atom. The van der Waals surface area contributed by atoms with Crippen LogP contribution in [-0.4, -0.2) is 46.7 Å². The second-order valence-corrected chi connectivity index (χ2v) is 8.05. The summed E-state index contributed by atoms with van der Waals surface area (Å²) in [4.78, 5) is 17.1. The van der Waals surface area contributed by atoms with Crippen LogP contribution in [0.25, 0.3) is 0 Å². The molecule has 4 heteroatoms. The summed E-state index contributed by atoms with van der Waals surface area (Å²) in [5, 5.41) is 0. The number of benzene rings is 1. The lowest BCUT2D eigenvalue weighted by Crippen LogP contribution is -2.46. The zero-order valence-electron chi connectivity index (χ0n) is 15.2. The molecular weight excluding hydrogens is 300 g/mol. The monoisotopic (exact) mass is 330 g/mol. The molecule has 24 heavy (non-hydrogen) atoms. The van der Waals surface area contributed by atoms with Gasteiger partial charge in [0.2, 0.25) is 0 Å². The fraction of sp³-hybridized carbons (Fsp3) is 0.650. The molecule has 0 saturated carbocycles. The van der Waals surface area contributed by atoms with Crippen molar-refractivity contribution < 1.29 is 9.53 Å². The molecule has 2 heterocycles. The molecule has 2 atom stereocenters. The first-order valence-electron chi connectivity index (χ1n) is 9.22. The summed E-state index contributed by atoms with van der Waals surface area (Å²) < 4.78 is 5.63. The van der Waals surface area contributed by atoms with Gasteiger partial charge in [-0.25, -0.2) is 4.79 Å². The number of likely N-dealkylation sites (tertiary alicyclic amines) is 2. The minimum Gasteiger partial charge on any atom is -0.444 e. The predicted octanol–water partition coefficient (Wildman–Crippen LogP) is 4.05. The van der Waals surface area contributed by atoms with E-state index in [2.05, 4.69) is 35.2 Å². The summed E-state index contributed by atoms with van der Waals surface area (Å²) in [6.45, 7) is 8.73. The number of hydrogen-bond donors (Lipinski definition) is 0. The summed E-state index contributed by atoms with van der Waals surface area (Å²) >= 11 is 0. The van der Waals surface area contributed by atoms with Crippen molar-refractivity contribution in [2.75, 3.05) is 13.1 Å². The van der Waals surface area contributed by atoms with Crippen LogP contribution in [0, 0.1) is 0 Å². The third-order valence-corrected chi connectivity index (χ3v) is 5.03. The predicted molar refractivity (Wildman–Crippen MR) is 95.8 cm³/mol. The van der Waals surface area contributed by atoms with E-state index in [-0.39, 0.29) is 6.09 Å². The molecule has 0 aliphatic carbocycles. The highest BCUT2D eigenvalue weighted by atomic mass is 16.6. The molecule has 3 rings (SSSR count). The first kappa shape index (κ1) is 17.3. The fourth-order valence-corrected chi connectivity index (χ4v) is 4.01. The average molecular weight is 330 g/mol. The number of carbonyl (C=O) groups excluding carboxylic acids is 1. The number of nitrogens with zero attached hydrogens (tertiary/aromatic N) is 2. The van der Waals surface area contributed by atoms with Gasteiger partial charge in [0, 0.05) is 19.1 Å². The first-order valence-corrected chi connectivity index (χ1v) is 9.22. The summed E-state index contributed by atoms with van der Waals surface area (Å²) in [6.07, 6.45) is 4.40. The Labute approximate surface area is 145 Å². The van der Waals surface area contributed by atoms with E-state index < -0.39 is 5.60 Å². The van der Waals surface area contributed by atoms with Crippen molar-refractivity contribution in [3.8, 4) is 0 Å². The van der Waals surface area contributed by atoms with Gasteiger partial charge in [-0.3, -0.25) is 4.90 Å². The lowest BCUT2D eigenvalue weighted by molar-refractivity contribution is 0.0186. The van der Waals surface area contributed by atoms with Crippen LogP contribution in [0.15, 0.2) is 30.3 Å². The minimum atomic E-state index is -0.427. The molecule has 0 unspecified atom stereocenters. The van der Waals surface area contributed by atoms with E-state index in [1.165, 1.54) is 18.4 Å². The van der Waals surface area contributed by atoms with E-state index in [1.54, 1.807) is 0 Å². The molecule has 0 spiro atoms. The quantitative estimate of drug-likeness (QED) is 0.820. The zero-order valence-corrected chi connectivity index (χ0v) is 15.2. The van der Waals surface area contributed by atoms with Gasteiger partial charge in [-0.2, -0.15) is 0 Å². The lowest BCUT2D eigenvalue weighted by Gasteiger charge is -2.34. The highest BCUT2D eigenvalue weighted by Gasteiger charge is 2.42. The van der Waals surface area contributed by atoms with E-state index in [4.69, 9.17) is 4.74 Å². The van der Waals surface area contributed by atoms with Crippen LogP contribution in [0.5, 0.6) is 0 Å². The smallest absolute Gasteiger partial charge is 0.410 e. The number of ether oxygens (including phenoxy) is 1. The van der Waals surface area contributed by atoms with E-state index in [9.17, 15) is 4.79 Å². The largest absolute Gasteiger partial charge is 0.444 e. The van der Waals surface area contributed by atoms with Gasteiger partial charge in [-0.05, 0) is 52.1 Å². The molecular formula is C20H30N2O2. The van der Waals surface area contributed by atoms with Crippen LogP contribution in [0.2, 0.25) is 0 Å². The second-order valence-electron chi connectivity index (χ2n) is 8.05. The van der Waals surface area contributed by atoms with Crippen molar-refractivity contribution in [2.24, 2.45) is 0 Å².